The smallest absolute Gasteiger partial charge is 0.305 e. The Balaban J connectivity index is 2.40. The molecule has 1 heterocycles. The SMILES string of the molecule is CCC(CC(=O)O)Nc1ncnc2ccc([N+](=O)[O-])cc12. The molecule has 1 atom stereocenters. The molecule has 2 rings (SSSR count). The molecule has 2 N–H and O–H groups in total. The molecule has 0 aliphatic carbocycles. The van der Waals surface area contributed by atoms with Gasteiger partial charge >= 0.3 is 5.97 Å². The van der Waals surface area contributed by atoms with Crippen molar-refractivity contribution in [2.24, 2.45) is 0 Å². The van der Waals surface area contributed by atoms with Crippen molar-refractivity contribution >= 4 is 28.4 Å². The average molecular weight is 290 g/mol. The minimum atomic E-state index is -0.918. The van der Waals surface area contributed by atoms with E-state index in [1.807, 2.05) is 6.92 Å². The molecular weight excluding hydrogens is 276 g/mol. The quantitative estimate of drug-likeness (QED) is 0.618. The summed E-state index contributed by atoms with van der Waals surface area (Å²) in [6, 6.07) is 3.98. The summed E-state index contributed by atoms with van der Waals surface area (Å²) in [5.41, 5.74) is 0.495. The Labute approximate surface area is 120 Å². The van der Waals surface area contributed by atoms with Gasteiger partial charge in [-0.15, -0.1) is 0 Å². The molecule has 8 nitrogen and oxygen atoms in total. The van der Waals surface area contributed by atoms with Crippen molar-refractivity contribution in [3.63, 3.8) is 0 Å². The summed E-state index contributed by atoms with van der Waals surface area (Å²) < 4.78 is 0. The molecule has 1 aromatic carbocycles. The number of benzene rings is 1. The number of aromatic nitrogens is 2. The number of nitro groups is 1. The van der Waals surface area contributed by atoms with Gasteiger partial charge in [0, 0.05) is 23.6 Å². The van der Waals surface area contributed by atoms with Crippen molar-refractivity contribution < 1.29 is 14.8 Å². The first-order valence-corrected chi connectivity index (χ1v) is 6.38. The number of anilines is 1. The van der Waals surface area contributed by atoms with E-state index in [0.717, 1.165) is 0 Å². The second-order valence-electron chi connectivity index (χ2n) is 4.53. The zero-order valence-electron chi connectivity index (χ0n) is 11.3. The topological polar surface area (TPSA) is 118 Å². The maximum absolute atomic E-state index is 10.8. The van der Waals surface area contributed by atoms with Gasteiger partial charge < -0.3 is 10.4 Å². The summed E-state index contributed by atoms with van der Waals surface area (Å²) in [4.78, 5) is 29.3. The van der Waals surface area contributed by atoms with E-state index < -0.39 is 10.9 Å². The van der Waals surface area contributed by atoms with Crippen LogP contribution in [-0.2, 0) is 4.79 Å². The number of hydrogen-bond acceptors (Lipinski definition) is 6. The van der Waals surface area contributed by atoms with Gasteiger partial charge in [-0.05, 0) is 12.5 Å². The second-order valence-corrected chi connectivity index (χ2v) is 4.53. The van der Waals surface area contributed by atoms with Crippen LogP contribution in [0.4, 0.5) is 11.5 Å². The van der Waals surface area contributed by atoms with Crippen LogP contribution < -0.4 is 5.32 Å². The number of carboxylic acids is 1. The van der Waals surface area contributed by atoms with Gasteiger partial charge in [-0.2, -0.15) is 0 Å². The Morgan fingerprint density at radius 3 is 2.86 bits per heavy atom. The van der Waals surface area contributed by atoms with Crippen LogP contribution in [0.25, 0.3) is 10.9 Å². The lowest BCUT2D eigenvalue weighted by Gasteiger charge is -2.16. The second kappa shape index (κ2) is 6.12. The molecule has 2 aromatic rings. The van der Waals surface area contributed by atoms with Crippen molar-refractivity contribution in [2.45, 2.75) is 25.8 Å². The van der Waals surface area contributed by atoms with Crippen LogP contribution in [0.3, 0.4) is 0 Å². The highest BCUT2D eigenvalue weighted by Crippen LogP contribution is 2.25. The molecule has 1 aromatic heterocycles. The summed E-state index contributed by atoms with van der Waals surface area (Å²) in [6.45, 7) is 1.85. The van der Waals surface area contributed by atoms with Gasteiger partial charge in [0.2, 0.25) is 0 Å². The molecular formula is C13H14N4O4. The van der Waals surface area contributed by atoms with E-state index in [9.17, 15) is 14.9 Å². The highest BCUT2D eigenvalue weighted by molar-refractivity contribution is 5.90. The number of fused-ring (bicyclic) bond motifs is 1. The number of nitro benzene ring substituents is 1. The highest BCUT2D eigenvalue weighted by atomic mass is 16.6. The summed E-state index contributed by atoms with van der Waals surface area (Å²) in [5, 5.41) is 23.2. The van der Waals surface area contributed by atoms with Crippen LogP contribution >= 0.6 is 0 Å². The fourth-order valence-electron chi connectivity index (χ4n) is 1.97. The normalized spacial score (nSPS) is 12.0. The Hall–Kier alpha value is -2.77. The maximum atomic E-state index is 10.8. The van der Waals surface area contributed by atoms with Crippen molar-refractivity contribution in [1.82, 2.24) is 9.97 Å². The molecule has 0 saturated heterocycles. The van der Waals surface area contributed by atoms with Crippen LogP contribution in [-0.4, -0.2) is 32.0 Å². The summed E-state index contributed by atoms with van der Waals surface area (Å²) >= 11 is 0. The van der Waals surface area contributed by atoms with E-state index in [4.69, 9.17) is 5.11 Å². The standard InChI is InChI=1S/C13H14N4O4/c1-2-8(5-12(18)19)16-13-10-6-9(17(20)21)3-4-11(10)14-7-15-13/h3-4,6-8H,2,5H2,1H3,(H,18,19)(H,14,15,16). The summed E-state index contributed by atoms with van der Waals surface area (Å²) in [5.74, 6) is -0.518. The van der Waals surface area contributed by atoms with Crippen molar-refractivity contribution in [3.8, 4) is 0 Å². The van der Waals surface area contributed by atoms with Gasteiger partial charge in [0.1, 0.15) is 12.1 Å². The van der Waals surface area contributed by atoms with E-state index in [1.54, 1.807) is 6.07 Å². The molecule has 8 heteroatoms. The third kappa shape index (κ3) is 3.41. The molecule has 0 fully saturated rings. The van der Waals surface area contributed by atoms with Crippen LogP contribution in [0.1, 0.15) is 19.8 Å². The zero-order valence-corrected chi connectivity index (χ0v) is 11.3. The third-order valence-electron chi connectivity index (χ3n) is 3.08. The maximum Gasteiger partial charge on any atom is 0.305 e. The van der Waals surface area contributed by atoms with E-state index in [-0.39, 0.29) is 18.2 Å². The molecule has 0 aliphatic rings. The van der Waals surface area contributed by atoms with Gasteiger partial charge in [-0.3, -0.25) is 14.9 Å². The van der Waals surface area contributed by atoms with E-state index in [1.165, 1.54) is 18.5 Å². The van der Waals surface area contributed by atoms with Gasteiger partial charge in [0.15, 0.2) is 0 Å². The number of nitrogens with zero attached hydrogens (tertiary/aromatic N) is 3. The summed E-state index contributed by atoms with van der Waals surface area (Å²) in [6.07, 6.45) is 1.87. The molecule has 21 heavy (non-hydrogen) atoms. The van der Waals surface area contributed by atoms with E-state index in [2.05, 4.69) is 15.3 Å². The molecule has 110 valence electrons. The van der Waals surface area contributed by atoms with Gasteiger partial charge in [0.25, 0.3) is 5.69 Å². The van der Waals surface area contributed by atoms with E-state index >= 15 is 0 Å². The Kier molecular flexibility index (Phi) is 4.27. The molecule has 0 spiro atoms. The van der Waals surface area contributed by atoms with Crippen LogP contribution in [0.2, 0.25) is 0 Å². The number of carboxylic acid groups (broad SMARTS) is 1. The summed E-state index contributed by atoms with van der Waals surface area (Å²) in [7, 11) is 0. The minimum Gasteiger partial charge on any atom is -0.481 e. The van der Waals surface area contributed by atoms with Crippen LogP contribution in [0.5, 0.6) is 0 Å². The van der Waals surface area contributed by atoms with Gasteiger partial charge in [0.05, 0.1) is 16.9 Å². The molecule has 0 bridgehead atoms. The molecule has 0 saturated carbocycles. The fourth-order valence-corrected chi connectivity index (χ4v) is 1.97. The third-order valence-corrected chi connectivity index (χ3v) is 3.08. The van der Waals surface area contributed by atoms with Crippen LogP contribution in [0.15, 0.2) is 24.5 Å². The predicted molar refractivity (Wildman–Crippen MR) is 76.1 cm³/mol. The first kappa shape index (κ1) is 14.6. The lowest BCUT2D eigenvalue weighted by atomic mass is 10.1. The average Bonchev–Trinajstić information content (AvgIpc) is 2.45. The lowest BCUT2D eigenvalue weighted by molar-refractivity contribution is -0.384. The lowest BCUT2D eigenvalue weighted by Crippen LogP contribution is -2.23. The molecule has 0 amide bonds. The van der Waals surface area contributed by atoms with Gasteiger partial charge in [-0.25, -0.2) is 9.97 Å². The number of rotatable bonds is 6. The Morgan fingerprint density at radius 1 is 1.48 bits per heavy atom. The Bertz CT molecular complexity index is 689. The van der Waals surface area contributed by atoms with Gasteiger partial charge in [-0.1, -0.05) is 6.92 Å². The monoisotopic (exact) mass is 290 g/mol. The fraction of sp³-hybridized carbons (Fsp3) is 0.308. The number of non-ortho nitro benzene ring substituents is 1. The minimum absolute atomic E-state index is 0.0586. The number of aliphatic carboxylic acids is 1. The molecule has 1 unspecified atom stereocenters. The largest absolute Gasteiger partial charge is 0.481 e. The van der Waals surface area contributed by atoms with Crippen molar-refractivity contribution in [2.75, 3.05) is 5.32 Å². The zero-order chi connectivity index (χ0) is 15.4. The highest BCUT2D eigenvalue weighted by Gasteiger charge is 2.15. The molecule has 0 radical (unpaired) electrons. The van der Waals surface area contributed by atoms with Crippen molar-refractivity contribution in [1.29, 1.82) is 0 Å². The number of hydrogen-bond donors (Lipinski definition) is 2. The van der Waals surface area contributed by atoms with Crippen LogP contribution in [0, 0.1) is 10.1 Å². The first-order chi connectivity index (χ1) is 10.0. The van der Waals surface area contributed by atoms with Crippen molar-refractivity contribution in [3.05, 3.63) is 34.6 Å². The Morgan fingerprint density at radius 2 is 2.24 bits per heavy atom. The number of nitrogens with one attached hydrogen (secondary N) is 1. The number of carbonyl (C=O) groups is 1. The predicted octanol–water partition coefficient (Wildman–Crippen LogP) is 2.20. The molecule has 0 aliphatic heterocycles. The van der Waals surface area contributed by atoms with E-state index in [0.29, 0.717) is 23.1 Å². The first-order valence-electron chi connectivity index (χ1n) is 6.38.